The van der Waals surface area contributed by atoms with Crippen molar-refractivity contribution < 1.29 is 13.5 Å². The van der Waals surface area contributed by atoms with E-state index in [0.29, 0.717) is 11.3 Å². The van der Waals surface area contributed by atoms with Gasteiger partial charge in [-0.05, 0) is 12.1 Å². The van der Waals surface area contributed by atoms with Gasteiger partial charge in [0.2, 0.25) is 0 Å². The Kier molecular flexibility index (Phi) is 3.53. The zero-order valence-corrected chi connectivity index (χ0v) is 9.80. The summed E-state index contributed by atoms with van der Waals surface area (Å²) in [5.41, 5.74) is 1.18. The van der Waals surface area contributed by atoms with Crippen molar-refractivity contribution in [2.45, 2.75) is 6.61 Å². The average Bonchev–Trinajstić information content (AvgIpc) is 2.77. The van der Waals surface area contributed by atoms with E-state index in [1.165, 1.54) is 17.4 Å². The molecular formula is C11H10F2N2OS. The first kappa shape index (κ1) is 11.8. The highest BCUT2D eigenvalue weighted by molar-refractivity contribution is 7.14. The molecule has 3 nitrogen and oxygen atoms in total. The molecule has 0 aliphatic heterocycles. The van der Waals surface area contributed by atoms with Crippen LogP contribution in [0.5, 0.6) is 5.75 Å². The number of para-hydroxylation sites is 1. The number of hydrogen-bond donors (Lipinski definition) is 1. The number of aromatic nitrogens is 1. The van der Waals surface area contributed by atoms with E-state index in [4.69, 9.17) is 0 Å². The van der Waals surface area contributed by atoms with Gasteiger partial charge in [-0.2, -0.15) is 8.78 Å². The van der Waals surface area contributed by atoms with Crippen molar-refractivity contribution >= 4 is 16.5 Å². The molecule has 0 atom stereocenters. The fourth-order valence-corrected chi connectivity index (χ4v) is 2.06. The Bertz CT molecular complexity index is 502. The molecule has 1 N–H and O–H groups in total. The number of benzene rings is 1. The molecule has 6 heteroatoms. The van der Waals surface area contributed by atoms with Gasteiger partial charge < -0.3 is 10.1 Å². The minimum atomic E-state index is -2.83. The first-order chi connectivity index (χ1) is 8.20. The Morgan fingerprint density at radius 1 is 1.35 bits per heavy atom. The zero-order valence-electron chi connectivity index (χ0n) is 8.98. The van der Waals surface area contributed by atoms with Crippen molar-refractivity contribution in [1.29, 1.82) is 0 Å². The van der Waals surface area contributed by atoms with E-state index in [9.17, 15) is 8.78 Å². The van der Waals surface area contributed by atoms with Gasteiger partial charge >= 0.3 is 6.61 Å². The van der Waals surface area contributed by atoms with Gasteiger partial charge in [-0.25, -0.2) is 4.98 Å². The van der Waals surface area contributed by atoms with Crippen LogP contribution in [0.3, 0.4) is 0 Å². The second-order valence-corrected chi connectivity index (χ2v) is 4.02. The van der Waals surface area contributed by atoms with Crippen LogP contribution in [0.4, 0.5) is 13.9 Å². The van der Waals surface area contributed by atoms with Crippen LogP contribution in [-0.2, 0) is 0 Å². The fraction of sp³-hybridized carbons (Fsp3) is 0.182. The highest BCUT2D eigenvalue weighted by Crippen LogP contribution is 2.32. The monoisotopic (exact) mass is 256 g/mol. The van der Waals surface area contributed by atoms with Gasteiger partial charge in [0, 0.05) is 18.0 Å². The lowest BCUT2D eigenvalue weighted by atomic mass is 10.1. The maximum Gasteiger partial charge on any atom is 0.387 e. The summed E-state index contributed by atoms with van der Waals surface area (Å²) >= 11 is 1.41. The Hall–Kier alpha value is -1.69. The summed E-state index contributed by atoms with van der Waals surface area (Å²) < 4.78 is 28.9. The lowest BCUT2D eigenvalue weighted by Gasteiger charge is -2.08. The molecule has 0 unspecified atom stereocenters. The van der Waals surface area contributed by atoms with Gasteiger partial charge in [-0.1, -0.05) is 12.1 Å². The molecule has 0 spiro atoms. The first-order valence-electron chi connectivity index (χ1n) is 4.88. The molecule has 90 valence electrons. The number of ether oxygens (including phenoxy) is 1. The lowest BCUT2D eigenvalue weighted by Crippen LogP contribution is -2.03. The molecule has 2 aromatic rings. The Morgan fingerprint density at radius 2 is 2.12 bits per heavy atom. The molecule has 0 saturated heterocycles. The van der Waals surface area contributed by atoms with E-state index in [-0.39, 0.29) is 5.75 Å². The van der Waals surface area contributed by atoms with E-state index in [1.54, 1.807) is 30.6 Å². The molecule has 0 saturated carbocycles. The number of anilines is 1. The Morgan fingerprint density at radius 3 is 2.76 bits per heavy atom. The number of nitrogens with one attached hydrogen (secondary N) is 1. The molecule has 1 aromatic carbocycles. The van der Waals surface area contributed by atoms with E-state index in [2.05, 4.69) is 15.0 Å². The van der Waals surface area contributed by atoms with Gasteiger partial charge in [0.05, 0.1) is 5.69 Å². The number of hydrogen-bond acceptors (Lipinski definition) is 4. The molecule has 0 radical (unpaired) electrons. The smallest absolute Gasteiger partial charge is 0.387 e. The van der Waals surface area contributed by atoms with E-state index >= 15 is 0 Å². The van der Waals surface area contributed by atoms with Crippen molar-refractivity contribution in [2.24, 2.45) is 0 Å². The van der Waals surface area contributed by atoms with Gasteiger partial charge in [0.15, 0.2) is 5.13 Å². The first-order valence-corrected chi connectivity index (χ1v) is 5.76. The lowest BCUT2D eigenvalue weighted by molar-refractivity contribution is -0.0494. The second-order valence-electron chi connectivity index (χ2n) is 3.16. The third kappa shape index (κ3) is 2.71. The summed E-state index contributed by atoms with van der Waals surface area (Å²) in [5.74, 6) is 0.135. The summed E-state index contributed by atoms with van der Waals surface area (Å²) in [7, 11) is 1.75. The average molecular weight is 256 g/mol. The highest BCUT2D eigenvalue weighted by Gasteiger charge is 2.12. The van der Waals surface area contributed by atoms with Gasteiger partial charge in [0.25, 0.3) is 0 Å². The van der Waals surface area contributed by atoms with Gasteiger partial charge in [0.1, 0.15) is 5.75 Å². The van der Waals surface area contributed by atoms with Crippen LogP contribution in [0.25, 0.3) is 11.3 Å². The number of nitrogens with zero attached hydrogens (tertiary/aromatic N) is 1. The molecule has 0 amide bonds. The highest BCUT2D eigenvalue weighted by atomic mass is 32.1. The van der Waals surface area contributed by atoms with Crippen molar-refractivity contribution in [3.05, 3.63) is 29.6 Å². The van der Waals surface area contributed by atoms with Crippen LogP contribution >= 0.6 is 11.3 Å². The van der Waals surface area contributed by atoms with E-state index in [1.807, 2.05) is 0 Å². The van der Waals surface area contributed by atoms with Crippen molar-refractivity contribution in [1.82, 2.24) is 4.98 Å². The molecule has 0 aliphatic carbocycles. The van der Waals surface area contributed by atoms with Gasteiger partial charge in [-0.3, -0.25) is 0 Å². The summed E-state index contributed by atoms with van der Waals surface area (Å²) in [6.07, 6.45) is 0. The van der Waals surface area contributed by atoms with Crippen LogP contribution in [0.1, 0.15) is 0 Å². The normalized spacial score (nSPS) is 10.6. The number of alkyl halides is 2. The molecular weight excluding hydrogens is 246 g/mol. The fourth-order valence-electron chi connectivity index (χ4n) is 1.39. The van der Waals surface area contributed by atoms with Crippen LogP contribution in [-0.4, -0.2) is 18.6 Å². The zero-order chi connectivity index (χ0) is 12.3. The van der Waals surface area contributed by atoms with Gasteiger partial charge in [-0.15, -0.1) is 11.3 Å². The summed E-state index contributed by atoms with van der Waals surface area (Å²) in [4.78, 5) is 4.25. The Balaban J connectivity index is 2.36. The van der Waals surface area contributed by atoms with Crippen LogP contribution < -0.4 is 10.1 Å². The number of rotatable bonds is 4. The maximum absolute atomic E-state index is 12.2. The molecule has 2 rings (SSSR count). The minimum absolute atomic E-state index is 0.135. The summed E-state index contributed by atoms with van der Waals surface area (Å²) in [6, 6.07) is 6.60. The summed E-state index contributed by atoms with van der Waals surface area (Å²) in [5, 5.41) is 5.42. The largest absolute Gasteiger partial charge is 0.434 e. The predicted molar refractivity (Wildman–Crippen MR) is 63.7 cm³/mol. The molecule has 1 aromatic heterocycles. The third-order valence-electron chi connectivity index (χ3n) is 2.10. The third-order valence-corrected chi connectivity index (χ3v) is 2.96. The quantitative estimate of drug-likeness (QED) is 0.909. The van der Waals surface area contributed by atoms with Crippen molar-refractivity contribution in [2.75, 3.05) is 12.4 Å². The molecule has 0 bridgehead atoms. The second kappa shape index (κ2) is 5.09. The standard InChI is InChI=1S/C11H10F2N2OS/c1-14-11-15-8(6-17-11)7-4-2-3-5-9(7)16-10(12)13/h2-6,10H,1H3,(H,14,15). The van der Waals surface area contributed by atoms with E-state index in [0.717, 1.165) is 5.13 Å². The SMILES string of the molecule is CNc1nc(-c2ccccc2OC(F)F)cs1. The number of halogens is 2. The molecule has 0 aliphatic rings. The topological polar surface area (TPSA) is 34.2 Å². The predicted octanol–water partition coefficient (Wildman–Crippen LogP) is 3.45. The van der Waals surface area contributed by atoms with E-state index < -0.39 is 6.61 Å². The molecule has 17 heavy (non-hydrogen) atoms. The molecule has 0 fully saturated rings. The van der Waals surface area contributed by atoms with Crippen molar-refractivity contribution in [3.63, 3.8) is 0 Å². The Labute approximate surface area is 101 Å². The summed E-state index contributed by atoms with van der Waals surface area (Å²) in [6.45, 7) is -2.83. The van der Waals surface area contributed by atoms with Crippen LogP contribution in [0.15, 0.2) is 29.6 Å². The minimum Gasteiger partial charge on any atom is -0.434 e. The van der Waals surface area contributed by atoms with Crippen LogP contribution in [0.2, 0.25) is 0 Å². The van der Waals surface area contributed by atoms with Crippen molar-refractivity contribution in [3.8, 4) is 17.0 Å². The maximum atomic E-state index is 12.2. The molecule has 1 heterocycles. The number of thiazole rings is 1. The van der Waals surface area contributed by atoms with Crippen LogP contribution in [0, 0.1) is 0 Å².